The third-order valence-corrected chi connectivity index (χ3v) is 4.66. The topological polar surface area (TPSA) is 21.3 Å². The molecule has 0 amide bonds. The SMILES string of the molecule is CCNC(c1ccc(C)cc1)C(OCC)C1CCCCC1. The summed E-state index contributed by atoms with van der Waals surface area (Å²) < 4.78 is 6.22. The highest BCUT2D eigenvalue weighted by atomic mass is 16.5. The van der Waals surface area contributed by atoms with Gasteiger partial charge in [0.2, 0.25) is 0 Å². The molecule has 2 heteroatoms. The van der Waals surface area contributed by atoms with Gasteiger partial charge in [-0.05, 0) is 44.7 Å². The minimum atomic E-state index is 0.304. The Balaban J connectivity index is 2.20. The molecule has 1 aliphatic rings. The number of hydrogen-bond donors (Lipinski definition) is 1. The molecule has 0 heterocycles. The van der Waals surface area contributed by atoms with Crippen molar-refractivity contribution >= 4 is 0 Å². The molecule has 118 valence electrons. The maximum atomic E-state index is 6.22. The van der Waals surface area contributed by atoms with Crippen LogP contribution in [0.4, 0.5) is 0 Å². The summed E-state index contributed by atoms with van der Waals surface area (Å²) in [4.78, 5) is 0. The van der Waals surface area contributed by atoms with Crippen molar-refractivity contribution in [2.75, 3.05) is 13.2 Å². The minimum absolute atomic E-state index is 0.304. The summed E-state index contributed by atoms with van der Waals surface area (Å²) in [6.45, 7) is 8.23. The molecule has 2 rings (SSSR count). The van der Waals surface area contributed by atoms with E-state index < -0.39 is 0 Å². The molecule has 0 aliphatic heterocycles. The molecule has 1 aromatic carbocycles. The van der Waals surface area contributed by atoms with Crippen LogP contribution in [-0.2, 0) is 4.74 Å². The van der Waals surface area contributed by atoms with E-state index in [-0.39, 0.29) is 0 Å². The average molecular weight is 289 g/mol. The second kappa shape index (κ2) is 8.55. The lowest BCUT2D eigenvalue weighted by molar-refractivity contribution is -0.0180. The van der Waals surface area contributed by atoms with E-state index in [1.807, 2.05) is 0 Å². The first-order chi connectivity index (χ1) is 10.3. The van der Waals surface area contributed by atoms with Crippen molar-refractivity contribution in [3.8, 4) is 0 Å². The number of hydrogen-bond acceptors (Lipinski definition) is 2. The van der Waals surface area contributed by atoms with Crippen LogP contribution < -0.4 is 5.32 Å². The van der Waals surface area contributed by atoms with Crippen molar-refractivity contribution in [2.45, 2.75) is 65.0 Å². The number of likely N-dealkylation sites (N-methyl/N-ethyl adjacent to an activating group) is 1. The van der Waals surface area contributed by atoms with Crippen LogP contribution >= 0.6 is 0 Å². The fourth-order valence-electron chi connectivity index (χ4n) is 3.58. The monoisotopic (exact) mass is 289 g/mol. The second-order valence-corrected chi connectivity index (χ2v) is 6.26. The first-order valence-electron chi connectivity index (χ1n) is 8.67. The molecule has 2 atom stereocenters. The zero-order chi connectivity index (χ0) is 15.1. The van der Waals surface area contributed by atoms with Gasteiger partial charge in [0.1, 0.15) is 0 Å². The Morgan fingerprint density at radius 1 is 1.10 bits per heavy atom. The van der Waals surface area contributed by atoms with Crippen molar-refractivity contribution in [1.82, 2.24) is 5.32 Å². The first-order valence-corrected chi connectivity index (χ1v) is 8.67. The van der Waals surface area contributed by atoms with Gasteiger partial charge in [0.15, 0.2) is 0 Å². The fraction of sp³-hybridized carbons (Fsp3) is 0.684. The molecule has 2 unspecified atom stereocenters. The Labute approximate surface area is 130 Å². The molecule has 0 radical (unpaired) electrons. The smallest absolute Gasteiger partial charge is 0.0797 e. The number of benzene rings is 1. The van der Waals surface area contributed by atoms with Crippen LogP contribution in [0.3, 0.4) is 0 Å². The Hall–Kier alpha value is -0.860. The molecule has 0 saturated heterocycles. The molecule has 1 aliphatic carbocycles. The van der Waals surface area contributed by atoms with E-state index in [1.54, 1.807) is 0 Å². The molecular weight excluding hydrogens is 258 g/mol. The maximum Gasteiger partial charge on any atom is 0.0797 e. The predicted molar refractivity (Wildman–Crippen MR) is 89.6 cm³/mol. The van der Waals surface area contributed by atoms with E-state index in [9.17, 15) is 0 Å². The predicted octanol–water partition coefficient (Wildman–Crippen LogP) is 4.63. The molecule has 2 nitrogen and oxygen atoms in total. The van der Waals surface area contributed by atoms with Crippen molar-refractivity contribution < 1.29 is 4.74 Å². The van der Waals surface area contributed by atoms with Gasteiger partial charge in [0.05, 0.1) is 12.1 Å². The Kier molecular flexibility index (Phi) is 6.72. The van der Waals surface area contributed by atoms with E-state index in [0.29, 0.717) is 18.1 Å². The Morgan fingerprint density at radius 3 is 2.33 bits per heavy atom. The van der Waals surface area contributed by atoms with Crippen LogP contribution in [0.25, 0.3) is 0 Å². The molecule has 0 bridgehead atoms. The molecule has 1 aromatic rings. The number of ether oxygens (including phenoxy) is 1. The van der Waals surface area contributed by atoms with E-state index in [2.05, 4.69) is 50.4 Å². The molecule has 0 spiro atoms. The maximum absolute atomic E-state index is 6.22. The van der Waals surface area contributed by atoms with Crippen LogP contribution in [0.1, 0.15) is 63.1 Å². The molecule has 21 heavy (non-hydrogen) atoms. The van der Waals surface area contributed by atoms with Gasteiger partial charge in [-0.25, -0.2) is 0 Å². The summed E-state index contributed by atoms with van der Waals surface area (Å²) in [5, 5.41) is 3.68. The highest BCUT2D eigenvalue weighted by Gasteiger charge is 2.31. The zero-order valence-corrected chi connectivity index (χ0v) is 13.9. The van der Waals surface area contributed by atoms with Crippen LogP contribution in [0.2, 0.25) is 0 Å². The summed E-state index contributed by atoms with van der Waals surface area (Å²) >= 11 is 0. The van der Waals surface area contributed by atoms with E-state index in [1.165, 1.54) is 43.2 Å². The Morgan fingerprint density at radius 2 is 1.76 bits per heavy atom. The molecule has 1 N–H and O–H groups in total. The van der Waals surface area contributed by atoms with Crippen molar-refractivity contribution in [3.63, 3.8) is 0 Å². The average Bonchev–Trinajstić information content (AvgIpc) is 2.53. The van der Waals surface area contributed by atoms with Crippen molar-refractivity contribution in [3.05, 3.63) is 35.4 Å². The zero-order valence-electron chi connectivity index (χ0n) is 13.9. The van der Waals surface area contributed by atoms with Gasteiger partial charge in [0, 0.05) is 6.61 Å². The summed E-state index contributed by atoms with van der Waals surface area (Å²) in [6, 6.07) is 9.26. The largest absolute Gasteiger partial charge is 0.376 e. The minimum Gasteiger partial charge on any atom is -0.376 e. The third-order valence-electron chi connectivity index (χ3n) is 4.66. The molecule has 1 fully saturated rings. The van der Waals surface area contributed by atoms with Crippen LogP contribution in [0, 0.1) is 12.8 Å². The van der Waals surface area contributed by atoms with Gasteiger partial charge in [-0.1, -0.05) is 56.0 Å². The normalized spacial score (nSPS) is 19.4. The number of aryl methyl sites for hydroxylation is 1. The lowest BCUT2D eigenvalue weighted by Crippen LogP contribution is -2.39. The van der Waals surface area contributed by atoms with Crippen molar-refractivity contribution in [2.24, 2.45) is 5.92 Å². The van der Waals surface area contributed by atoms with E-state index in [0.717, 1.165) is 13.2 Å². The lowest BCUT2D eigenvalue weighted by Gasteiger charge is -2.36. The lowest BCUT2D eigenvalue weighted by atomic mass is 9.80. The molecule has 1 saturated carbocycles. The number of nitrogens with one attached hydrogen (secondary N) is 1. The van der Waals surface area contributed by atoms with Crippen LogP contribution in [-0.4, -0.2) is 19.3 Å². The first kappa shape index (κ1) is 16.5. The third kappa shape index (κ3) is 4.55. The molecule has 0 aromatic heterocycles. The van der Waals surface area contributed by atoms with Gasteiger partial charge in [-0.2, -0.15) is 0 Å². The van der Waals surface area contributed by atoms with E-state index >= 15 is 0 Å². The summed E-state index contributed by atoms with van der Waals surface area (Å²) in [7, 11) is 0. The van der Waals surface area contributed by atoms with Gasteiger partial charge in [0.25, 0.3) is 0 Å². The Bertz CT molecular complexity index is 395. The van der Waals surface area contributed by atoms with Gasteiger partial charge >= 0.3 is 0 Å². The quantitative estimate of drug-likeness (QED) is 0.790. The summed E-state index contributed by atoms with van der Waals surface area (Å²) in [5.41, 5.74) is 2.69. The van der Waals surface area contributed by atoms with Gasteiger partial charge in [-0.15, -0.1) is 0 Å². The highest BCUT2D eigenvalue weighted by Crippen LogP contribution is 2.34. The van der Waals surface area contributed by atoms with Crippen molar-refractivity contribution in [1.29, 1.82) is 0 Å². The van der Waals surface area contributed by atoms with Crippen LogP contribution in [0.5, 0.6) is 0 Å². The molecular formula is C19H31NO. The van der Waals surface area contributed by atoms with Gasteiger partial charge < -0.3 is 10.1 Å². The van der Waals surface area contributed by atoms with Gasteiger partial charge in [-0.3, -0.25) is 0 Å². The standard InChI is InChI=1S/C19H31NO/c1-4-20-18(16-13-11-15(3)12-14-16)19(21-5-2)17-9-7-6-8-10-17/h11-14,17-20H,4-10H2,1-3H3. The summed E-state index contributed by atoms with van der Waals surface area (Å²) in [5.74, 6) is 0.698. The van der Waals surface area contributed by atoms with E-state index in [4.69, 9.17) is 4.74 Å². The highest BCUT2D eigenvalue weighted by molar-refractivity contribution is 5.25. The summed E-state index contributed by atoms with van der Waals surface area (Å²) in [6.07, 6.45) is 7.06. The van der Waals surface area contributed by atoms with Crippen LogP contribution in [0.15, 0.2) is 24.3 Å². The fourth-order valence-corrected chi connectivity index (χ4v) is 3.58. The second-order valence-electron chi connectivity index (χ2n) is 6.26. The number of rotatable bonds is 7.